The molecule has 2 heteroatoms. The van der Waals surface area contributed by atoms with Crippen molar-refractivity contribution in [3.05, 3.63) is 29.3 Å². The minimum atomic E-state index is 0.460. The summed E-state index contributed by atoms with van der Waals surface area (Å²) in [6.45, 7) is 6.22. The van der Waals surface area contributed by atoms with Gasteiger partial charge in [0.05, 0.1) is 5.69 Å². The van der Waals surface area contributed by atoms with Gasteiger partial charge in [0.15, 0.2) is 0 Å². The molecular weight excluding hydrogens is 162 g/mol. The second-order valence-corrected chi connectivity index (χ2v) is 3.35. The highest BCUT2D eigenvalue weighted by Gasteiger charge is 2.05. The molecule has 68 valence electrons. The van der Waals surface area contributed by atoms with E-state index in [1.54, 1.807) is 6.08 Å². The standard InChI is InChI=1S/C11H13NO/c1-8(2)10-5-4-6-11(9(10)3)12-7-13/h4-6,8H,1-3H3. The molecule has 13 heavy (non-hydrogen) atoms. The van der Waals surface area contributed by atoms with E-state index in [9.17, 15) is 4.79 Å². The molecule has 0 saturated carbocycles. The number of rotatable bonds is 2. The predicted octanol–water partition coefficient (Wildman–Crippen LogP) is 3.09. The Morgan fingerprint density at radius 3 is 2.62 bits per heavy atom. The molecule has 0 atom stereocenters. The summed E-state index contributed by atoms with van der Waals surface area (Å²) in [4.78, 5) is 13.8. The first-order valence-electron chi connectivity index (χ1n) is 4.34. The first-order chi connectivity index (χ1) is 6.16. The molecule has 0 bridgehead atoms. The third-order valence-corrected chi connectivity index (χ3v) is 2.14. The molecule has 1 aromatic rings. The largest absolute Gasteiger partial charge is 0.240 e. The molecule has 0 aromatic heterocycles. The van der Waals surface area contributed by atoms with Crippen molar-refractivity contribution in [1.82, 2.24) is 0 Å². The molecule has 0 spiro atoms. The van der Waals surface area contributed by atoms with Gasteiger partial charge in [-0.1, -0.05) is 26.0 Å². The Kier molecular flexibility index (Phi) is 2.99. The maximum absolute atomic E-state index is 10.1. The van der Waals surface area contributed by atoms with Crippen LogP contribution in [0.3, 0.4) is 0 Å². The quantitative estimate of drug-likeness (QED) is 0.501. The summed E-state index contributed by atoms with van der Waals surface area (Å²) in [6, 6.07) is 5.80. The highest BCUT2D eigenvalue weighted by Crippen LogP contribution is 2.26. The van der Waals surface area contributed by atoms with Crippen LogP contribution in [0, 0.1) is 6.92 Å². The Hall–Kier alpha value is -1.40. The molecule has 0 radical (unpaired) electrons. The zero-order chi connectivity index (χ0) is 9.84. The van der Waals surface area contributed by atoms with E-state index in [2.05, 4.69) is 24.9 Å². The lowest BCUT2D eigenvalue weighted by atomic mass is 9.97. The number of hydrogen-bond acceptors (Lipinski definition) is 2. The fourth-order valence-corrected chi connectivity index (χ4v) is 1.44. The molecular formula is C11H13NO. The van der Waals surface area contributed by atoms with Crippen LogP contribution in [0.1, 0.15) is 30.9 Å². The molecule has 1 aromatic carbocycles. The second kappa shape index (κ2) is 4.01. The molecule has 0 unspecified atom stereocenters. The molecule has 2 nitrogen and oxygen atoms in total. The van der Waals surface area contributed by atoms with E-state index in [0.29, 0.717) is 5.92 Å². The minimum absolute atomic E-state index is 0.460. The van der Waals surface area contributed by atoms with Gasteiger partial charge in [0.2, 0.25) is 6.08 Å². The van der Waals surface area contributed by atoms with Crippen molar-refractivity contribution in [3.63, 3.8) is 0 Å². The van der Waals surface area contributed by atoms with Gasteiger partial charge in [-0.15, -0.1) is 0 Å². The number of benzene rings is 1. The van der Waals surface area contributed by atoms with Crippen molar-refractivity contribution < 1.29 is 4.79 Å². The fourth-order valence-electron chi connectivity index (χ4n) is 1.44. The van der Waals surface area contributed by atoms with Crippen LogP contribution in [0.15, 0.2) is 23.2 Å². The van der Waals surface area contributed by atoms with E-state index in [1.807, 2.05) is 19.1 Å². The number of aliphatic imine (C=N–C) groups is 1. The maximum Gasteiger partial charge on any atom is 0.240 e. The van der Waals surface area contributed by atoms with Crippen LogP contribution in [0.5, 0.6) is 0 Å². The van der Waals surface area contributed by atoms with Crippen molar-refractivity contribution in [2.24, 2.45) is 4.99 Å². The SMILES string of the molecule is Cc1c(N=C=O)cccc1C(C)C. The van der Waals surface area contributed by atoms with Gasteiger partial charge >= 0.3 is 0 Å². The van der Waals surface area contributed by atoms with Gasteiger partial charge in [-0.25, -0.2) is 4.79 Å². The van der Waals surface area contributed by atoms with Crippen LogP contribution in [0.4, 0.5) is 5.69 Å². The summed E-state index contributed by atoms with van der Waals surface area (Å²) in [7, 11) is 0. The van der Waals surface area contributed by atoms with Gasteiger partial charge in [-0.2, -0.15) is 4.99 Å². The zero-order valence-corrected chi connectivity index (χ0v) is 8.16. The molecule has 0 fully saturated rings. The highest BCUT2D eigenvalue weighted by atomic mass is 16.1. The molecule has 0 aliphatic rings. The van der Waals surface area contributed by atoms with E-state index in [0.717, 1.165) is 11.3 Å². The first-order valence-corrected chi connectivity index (χ1v) is 4.34. The van der Waals surface area contributed by atoms with Gasteiger partial charge in [-0.3, -0.25) is 0 Å². The van der Waals surface area contributed by atoms with Crippen LogP contribution < -0.4 is 0 Å². The average Bonchev–Trinajstić information content (AvgIpc) is 2.08. The van der Waals surface area contributed by atoms with E-state index in [1.165, 1.54) is 5.56 Å². The van der Waals surface area contributed by atoms with Crippen LogP contribution in [-0.4, -0.2) is 6.08 Å². The molecule has 0 aliphatic carbocycles. The van der Waals surface area contributed by atoms with E-state index >= 15 is 0 Å². The Morgan fingerprint density at radius 1 is 1.38 bits per heavy atom. The summed E-state index contributed by atoms with van der Waals surface area (Å²) in [5, 5.41) is 0. The van der Waals surface area contributed by atoms with Gasteiger partial charge in [-0.05, 0) is 30.0 Å². The lowest BCUT2D eigenvalue weighted by Crippen LogP contribution is -1.91. The lowest BCUT2D eigenvalue weighted by Gasteiger charge is -2.10. The molecule has 0 heterocycles. The van der Waals surface area contributed by atoms with Gasteiger partial charge in [0.1, 0.15) is 0 Å². The number of carbonyl (C=O) groups excluding carboxylic acids is 1. The predicted molar refractivity (Wildman–Crippen MR) is 53.0 cm³/mol. The van der Waals surface area contributed by atoms with Crippen LogP contribution in [-0.2, 0) is 4.79 Å². The van der Waals surface area contributed by atoms with Crippen LogP contribution >= 0.6 is 0 Å². The van der Waals surface area contributed by atoms with Crippen molar-refractivity contribution in [3.8, 4) is 0 Å². The second-order valence-electron chi connectivity index (χ2n) is 3.35. The molecule has 0 aliphatic heterocycles. The maximum atomic E-state index is 10.1. The first kappa shape index (κ1) is 9.69. The third kappa shape index (κ3) is 2.04. The molecule has 0 amide bonds. The molecule has 0 N–H and O–H groups in total. The topological polar surface area (TPSA) is 29.4 Å². The van der Waals surface area contributed by atoms with Crippen molar-refractivity contribution >= 4 is 11.8 Å². The average molecular weight is 175 g/mol. The summed E-state index contributed by atoms with van der Waals surface area (Å²) < 4.78 is 0. The Balaban J connectivity index is 3.25. The summed E-state index contributed by atoms with van der Waals surface area (Å²) in [5.41, 5.74) is 3.03. The van der Waals surface area contributed by atoms with E-state index < -0.39 is 0 Å². The highest BCUT2D eigenvalue weighted by molar-refractivity contribution is 5.56. The number of hydrogen-bond donors (Lipinski definition) is 0. The Labute approximate surface area is 78.3 Å². The zero-order valence-electron chi connectivity index (χ0n) is 8.16. The Bertz CT molecular complexity index is 349. The van der Waals surface area contributed by atoms with Crippen molar-refractivity contribution in [2.45, 2.75) is 26.7 Å². The smallest absolute Gasteiger partial charge is 0.211 e. The van der Waals surface area contributed by atoms with Gasteiger partial charge in [0.25, 0.3) is 0 Å². The lowest BCUT2D eigenvalue weighted by molar-refractivity contribution is 0.565. The van der Waals surface area contributed by atoms with Crippen molar-refractivity contribution in [1.29, 1.82) is 0 Å². The summed E-state index contributed by atoms with van der Waals surface area (Å²) in [6.07, 6.45) is 1.57. The third-order valence-electron chi connectivity index (χ3n) is 2.14. The molecule has 1 rings (SSSR count). The number of isocyanates is 1. The van der Waals surface area contributed by atoms with Crippen LogP contribution in [0.25, 0.3) is 0 Å². The minimum Gasteiger partial charge on any atom is -0.211 e. The summed E-state index contributed by atoms with van der Waals surface area (Å²) >= 11 is 0. The van der Waals surface area contributed by atoms with Gasteiger partial charge < -0.3 is 0 Å². The molecule has 0 saturated heterocycles. The summed E-state index contributed by atoms with van der Waals surface area (Å²) in [5.74, 6) is 0.460. The monoisotopic (exact) mass is 175 g/mol. The van der Waals surface area contributed by atoms with Gasteiger partial charge in [0, 0.05) is 0 Å². The normalized spacial score (nSPS) is 9.85. The van der Waals surface area contributed by atoms with Crippen LogP contribution in [0.2, 0.25) is 0 Å². The number of nitrogens with zero attached hydrogens (tertiary/aromatic N) is 1. The van der Waals surface area contributed by atoms with Crippen molar-refractivity contribution in [2.75, 3.05) is 0 Å². The fraction of sp³-hybridized carbons (Fsp3) is 0.364. The Morgan fingerprint density at radius 2 is 2.08 bits per heavy atom. The van der Waals surface area contributed by atoms with E-state index in [-0.39, 0.29) is 0 Å². The van der Waals surface area contributed by atoms with E-state index in [4.69, 9.17) is 0 Å².